The molecule has 9 nitrogen and oxygen atoms in total. The third-order valence-electron chi connectivity index (χ3n) is 3.01. The molecule has 0 bridgehead atoms. The van der Waals surface area contributed by atoms with Crippen LogP contribution in [0.5, 0.6) is 0 Å². The van der Waals surface area contributed by atoms with Crippen LogP contribution in [0, 0.1) is 5.92 Å². The third-order valence-corrected chi connectivity index (χ3v) is 3.01. The van der Waals surface area contributed by atoms with Crippen LogP contribution >= 0.6 is 0 Å². The van der Waals surface area contributed by atoms with Crippen LogP contribution in [0.4, 0.5) is 4.79 Å². The number of carbonyl (C=O) groups is 4. The van der Waals surface area contributed by atoms with E-state index < -0.39 is 35.5 Å². The molecule has 2 atom stereocenters. The van der Waals surface area contributed by atoms with E-state index in [9.17, 15) is 19.2 Å². The van der Waals surface area contributed by atoms with Crippen molar-refractivity contribution in [1.29, 1.82) is 0 Å². The molecule has 1 saturated heterocycles. The lowest BCUT2D eigenvalue weighted by atomic mass is 10.1. The Balaban J connectivity index is 2.66. The highest BCUT2D eigenvalue weighted by Crippen LogP contribution is 2.17. The molecule has 0 radical (unpaired) electrons. The van der Waals surface area contributed by atoms with Gasteiger partial charge >= 0.3 is 12.1 Å². The molecule has 1 aliphatic heterocycles. The van der Waals surface area contributed by atoms with E-state index in [-0.39, 0.29) is 25.4 Å². The number of likely N-dealkylation sites (tertiary alicyclic amines) is 1. The Hall–Kier alpha value is -2.32. The summed E-state index contributed by atoms with van der Waals surface area (Å²) in [5, 5.41) is 11.3. The molecule has 9 heteroatoms. The molecule has 22 heavy (non-hydrogen) atoms. The molecule has 4 N–H and O–H groups in total. The Morgan fingerprint density at radius 3 is 2.45 bits per heavy atom. The average molecular weight is 315 g/mol. The third kappa shape index (κ3) is 5.23. The van der Waals surface area contributed by atoms with Gasteiger partial charge in [-0.05, 0) is 20.8 Å². The number of carbonyl (C=O) groups excluding carboxylic acids is 3. The molecule has 0 spiro atoms. The Morgan fingerprint density at radius 2 is 2.05 bits per heavy atom. The number of hydrogen-bond donors (Lipinski definition) is 3. The van der Waals surface area contributed by atoms with Gasteiger partial charge in [0, 0.05) is 13.0 Å². The van der Waals surface area contributed by atoms with Crippen molar-refractivity contribution in [3.63, 3.8) is 0 Å². The number of carboxylic acids is 1. The van der Waals surface area contributed by atoms with Crippen LogP contribution in [0.15, 0.2) is 0 Å². The van der Waals surface area contributed by atoms with Crippen molar-refractivity contribution in [3.8, 4) is 0 Å². The number of rotatable bonds is 5. The molecule has 1 rings (SSSR count). The van der Waals surface area contributed by atoms with Crippen LogP contribution < -0.4 is 11.1 Å². The number of alkyl carbamates (subject to hydrolysis) is 1. The van der Waals surface area contributed by atoms with E-state index in [0.29, 0.717) is 0 Å². The molecular formula is C13H21N3O6. The van der Waals surface area contributed by atoms with E-state index in [1.54, 1.807) is 20.8 Å². The second-order valence-electron chi connectivity index (χ2n) is 6.14. The minimum atomic E-state index is -1.33. The molecule has 1 fully saturated rings. The molecule has 2 unspecified atom stereocenters. The van der Waals surface area contributed by atoms with Crippen LogP contribution in [-0.4, -0.2) is 58.6 Å². The highest BCUT2D eigenvalue weighted by atomic mass is 16.6. The van der Waals surface area contributed by atoms with Crippen molar-refractivity contribution >= 4 is 23.9 Å². The topological polar surface area (TPSA) is 139 Å². The average Bonchev–Trinajstić information content (AvgIpc) is 2.67. The summed E-state index contributed by atoms with van der Waals surface area (Å²) < 4.78 is 4.98. The van der Waals surface area contributed by atoms with Gasteiger partial charge in [-0.25, -0.2) is 9.59 Å². The number of nitrogens with one attached hydrogen (secondary N) is 1. The quantitative estimate of drug-likeness (QED) is 0.613. The minimum Gasteiger partial charge on any atom is -0.480 e. The number of aliphatic carboxylic acids is 1. The van der Waals surface area contributed by atoms with Gasteiger partial charge in [0.1, 0.15) is 11.6 Å². The molecule has 0 saturated carbocycles. The number of carboxylic acid groups (broad SMARTS) is 1. The smallest absolute Gasteiger partial charge is 0.408 e. The Morgan fingerprint density at radius 1 is 1.45 bits per heavy atom. The maximum absolute atomic E-state index is 11.7. The number of amides is 3. The van der Waals surface area contributed by atoms with E-state index in [1.807, 2.05) is 0 Å². The summed E-state index contributed by atoms with van der Waals surface area (Å²) in [5.41, 5.74) is 4.37. The van der Waals surface area contributed by atoms with Crippen LogP contribution in [0.3, 0.4) is 0 Å². The van der Waals surface area contributed by atoms with Gasteiger partial charge in [0.05, 0.1) is 12.5 Å². The Kier molecular flexibility index (Phi) is 5.34. The lowest BCUT2D eigenvalue weighted by molar-refractivity contribution is -0.140. The minimum absolute atomic E-state index is 0.0475. The maximum Gasteiger partial charge on any atom is 0.408 e. The summed E-state index contributed by atoms with van der Waals surface area (Å²) in [6.45, 7) is 4.72. The second kappa shape index (κ2) is 6.63. The summed E-state index contributed by atoms with van der Waals surface area (Å²) >= 11 is 0. The fraction of sp³-hybridized carbons (Fsp3) is 0.692. The van der Waals surface area contributed by atoms with Crippen LogP contribution in [0.25, 0.3) is 0 Å². The normalized spacial score (nSPS) is 19.7. The zero-order valence-electron chi connectivity index (χ0n) is 12.8. The van der Waals surface area contributed by atoms with Gasteiger partial charge in [0.25, 0.3) is 0 Å². The number of nitrogens with zero attached hydrogens (tertiary/aromatic N) is 1. The number of nitrogens with two attached hydrogens (primary N) is 1. The first-order valence-corrected chi connectivity index (χ1v) is 6.79. The van der Waals surface area contributed by atoms with Crippen molar-refractivity contribution in [2.24, 2.45) is 11.7 Å². The van der Waals surface area contributed by atoms with Gasteiger partial charge in [-0.2, -0.15) is 0 Å². The van der Waals surface area contributed by atoms with Gasteiger partial charge in [-0.15, -0.1) is 0 Å². The number of ether oxygens (including phenoxy) is 1. The lowest BCUT2D eigenvalue weighted by Gasteiger charge is -2.24. The molecule has 1 heterocycles. The van der Waals surface area contributed by atoms with E-state index >= 15 is 0 Å². The summed E-state index contributed by atoms with van der Waals surface area (Å²) in [5.74, 6) is -2.92. The monoisotopic (exact) mass is 315 g/mol. The van der Waals surface area contributed by atoms with Gasteiger partial charge in [-0.3, -0.25) is 9.59 Å². The van der Waals surface area contributed by atoms with Crippen LogP contribution in [0.1, 0.15) is 27.2 Å². The predicted molar refractivity (Wildman–Crippen MR) is 74.7 cm³/mol. The standard InChI is InChI=1S/C13H21N3O6/c1-13(2,3)22-12(21)15-8(11(19)20)6-16-5-7(10(14)18)4-9(16)17/h7-8H,4-6H2,1-3H3,(H2,14,18)(H,15,21)(H,19,20). The first-order chi connectivity index (χ1) is 9.99. The molecule has 0 aliphatic carbocycles. The Bertz CT molecular complexity index is 485. The van der Waals surface area contributed by atoms with E-state index in [4.69, 9.17) is 15.6 Å². The molecule has 0 aromatic heterocycles. The van der Waals surface area contributed by atoms with Crippen molar-refractivity contribution in [1.82, 2.24) is 10.2 Å². The first kappa shape index (κ1) is 17.7. The molecular weight excluding hydrogens is 294 g/mol. The molecule has 0 aromatic rings. The highest BCUT2D eigenvalue weighted by molar-refractivity contribution is 5.89. The molecule has 124 valence electrons. The van der Waals surface area contributed by atoms with Crippen molar-refractivity contribution in [3.05, 3.63) is 0 Å². The van der Waals surface area contributed by atoms with Gasteiger partial charge < -0.3 is 25.8 Å². The largest absolute Gasteiger partial charge is 0.480 e. The van der Waals surface area contributed by atoms with Crippen LogP contribution in [-0.2, 0) is 19.1 Å². The SMILES string of the molecule is CC(C)(C)OC(=O)NC(CN1CC(C(N)=O)CC1=O)C(=O)O. The first-order valence-electron chi connectivity index (χ1n) is 6.79. The number of hydrogen-bond acceptors (Lipinski definition) is 5. The zero-order valence-corrected chi connectivity index (χ0v) is 12.8. The lowest BCUT2D eigenvalue weighted by Crippen LogP contribution is -2.50. The summed E-state index contributed by atoms with van der Waals surface area (Å²) in [6, 6.07) is -1.33. The molecule has 1 aliphatic rings. The van der Waals surface area contributed by atoms with Gasteiger partial charge in [-0.1, -0.05) is 0 Å². The summed E-state index contributed by atoms with van der Waals surface area (Å²) in [6.07, 6.45) is -0.938. The van der Waals surface area contributed by atoms with Crippen LogP contribution in [0.2, 0.25) is 0 Å². The van der Waals surface area contributed by atoms with E-state index in [2.05, 4.69) is 5.32 Å². The van der Waals surface area contributed by atoms with Crippen molar-refractivity contribution in [2.75, 3.05) is 13.1 Å². The molecule has 3 amide bonds. The Labute approximate surface area is 127 Å². The molecule has 0 aromatic carbocycles. The van der Waals surface area contributed by atoms with Crippen molar-refractivity contribution in [2.45, 2.75) is 38.8 Å². The van der Waals surface area contributed by atoms with Gasteiger partial charge in [0.15, 0.2) is 0 Å². The predicted octanol–water partition coefficient (Wildman–Crippen LogP) is -0.702. The van der Waals surface area contributed by atoms with E-state index in [0.717, 1.165) is 0 Å². The number of primary amides is 1. The summed E-state index contributed by atoms with van der Waals surface area (Å²) in [4.78, 5) is 46.9. The van der Waals surface area contributed by atoms with E-state index in [1.165, 1.54) is 4.90 Å². The second-order valence-corrected chi connectivity index (χ2v) is 6.14. The fourth-order valence-corrected chi connectivity index (χ4v) is 1.99. The van der Waals surface area contributed by atoms with Gasteiger partial charge in [0.2, 0.25) is 11.8 Å². The fourth-order valence-electron chi connectivity index (χ4n) is 1.99. The summed E-state index contributed by atoms with van der Waals surface area (Å²) in [7, 11) is 0. The highest BCUT2D eigenvalue weighted by Gasteiger charge is 2.36. The maximum atomic E-state index is 11.7. The van der Waals surface area contributed by atoms with Crippen molar-refractivity contribution < 1.29 is 29.0 Å². The zero-order chi connectivity index (χ0) is 17.1.